The van der Waals surface area contributed by atoms with Crippen molar-refractivity contribution in [3.63, 3.8) is 0 Å². The molecule has 7 heteroatoms. The first kappa shape index (κ1) is 27.9. The van der Waals surface area contributed by atoms with E-state index < -0.39 is 6.09 Å². The van der Waals surface area contributed by atoms with Crippen LogP contribution in [0.15, 0.2) is 84.9 Å². The molecule has 200 valence electrons. The predicted octanol–water partition coefficient (Wildman–Crippen LogP) is 5.03. The van der Waals surface area contributed by atoms with Crippen LogP contribution in [0.5, 0.6) is 5.75 Å². The Morgan fingerprint density at radius 1 is 1.00 bits per heavy atom. The number of cyclic esters (lactones) is 1. The maximum atomic E-state index is 13.5. The molecule has 0 N–H and O–H groups in total. The summed E-state index contributed by atoms with van der Waals surface area (Å²) in [5.41, 5.74) is 2.12. The van der Waals surface area contributed by atoms with Gasteiger partial charge in [0.1, 0.15) is 0 Å². The SMILES string of the molecule is COc1ccc(CO[C@H](CC[Se]c2ccccc2)C[C@H](C)C(=O)N2C(=O)OC[C@H]2Cc2ccccc2)cc1. The number of nitrogens with zero attached hydrogens (tertiary/aromatic N) is 1. The van der Waals surface area contributed by atoms with Crippen LogP contribution >= 0.6 is 0 Å². The number of benzene rings is 3. The van der Waals surface area contributed by atoms with Crippen LogP contribution in [0.4, 0.5) is 4.79 Å². The predicted molar refractivity (Wildman–Crippen MR) is 149 cm³/mol. The summed E-state index contributed by atoms with van der Waals surface area (Å²) in [6, 6.07) is 27.9. The van der Waals surface area contributed by atoms with E-state index in [1.807, 2.05) is 67.6 Å². The first-order valence-corrected chi connectivity index (χ1v) is 15.1. The fourth-order valence-electron chi connectivity index (χ4n) is 4.53. The zero-order chi connectivity index (χ0) is 26.7. The summed E-state index contributed by atoms with van der Waals surface area (Å²) >= 11 is 0.329. The average Bonchev–Trinajstić information content (AvgIpc) is 3.31. The van der Waals surface area contributed by atoms with Gasteiger partial charge in [0.15, 0.2) is 0 Å². The standard InChI is InChI=1S/C31H35NO5Se/c1-23(30(33)32-26(22-37-31(32)34)20-24-9-5-3-6-10-24)19-28(17-18-38-29-11-7-4-8-12-29)36-21-25-13-15-27(35-2)16-14-25/h3-16,23,26,28H,17-22H2,1-2H3/t23-,26+,28+/m0/s1. The van der Waals surface area contributed by atoms with Crippen LogP contribution in [0.1, 0.15) is 30.9 Å². The first-order valence-electron chi connectivity index (χ1n) is 13.0. The number of carbonyl (C=O) groups excluding carboxylic acids is 2. The zero-order valence-electron chi connectivity index (χ0n) is 22.0. The fourth-order valence-corrected chi connectivity index (χ4v) is 6.56. The van der Waals surface area contributed by atoms with Crippen LogP contribution < -0.4 is 9.20 Å². The van der Waals surface area contributed by atoms with Gasteiger partial charge in [0.25, 0.3) is 0 Å². The third kappa shape index (κ3) is 7.94. The van der Waals surface area contributed by atoms with Crippen molar-refractivity contribution in [2.45, 2.75) is 50.3 Å². The number of rotatable bonds is 13. The molecule has 0 unspecified atom stereocenters. The Kier molecular flexibility index (Phi) is 10.4. The summed E-state index contributed by atoms with van der Waals surface area (Å²) in [5.74, 6) is 0.238. The van der Waals surface area contributed by atoms with Crippen LogP contribution in [0.25, 0.3) is 0 Å². The normalized spacial score (nSPS) is 16.6. The molecule has 0 aliphatic carbocycles. The quantitative estimate of drug-likeness (QED) is 0.265. The van der Waals surface area contributed by atoms with Crippen molar-refractivity contribution in [1.29, 1.82) is 0 Å². The second kappa shape index (κ2) is 14.1. The summed E-state index contributed by atoms with van der Waals surface area (Å²) in [5, 5.41) is 1.01. The summed E-state index contributed by atoms with van der Waals surface area (Å²) < 4.78 is 18.2. The molecule has 38 heavy (non-hydrogen) atoms. The van der Waals surface area contributed by atoms with E-state index in [0.29, 0.717) is 34.4 Å². The van der Waals surface area contributed by atoms with E-state index in [-0.39, 0.29) is 30.6 Å². The third-order valence-electron chi connectivity index (χ3n) is 6.65. The van der Waals surface area contributed by atoms with Crippen molar-refractivity contribution in [3.05, 3.63) is 96.1 Å². The molecule has 0 bridgehead atoms. The number of methoxy groups -OCH3 is 1. The number of hydrogen-bond donors (Lipinski definition) is 0. The molecule has 6 nitrogen and oxygen atoms in total. The first-order chi connectivity index (χ1) is 18.5. The van der Waals surface area contributed by atoms with Gasteiger partial charge in [0.2, 0.25) is 0 Å². The second-order valence-corrected chi connectivity index (χ2v) is 11.9. The van der Waals surface area contributed by atoms with Gasteiger partial charge in [-0.2, -0.15) is 0 Å². The number of imide groups is 1. The van der Waals surface area contributed by atoms with Crippen molar-refractivity contribution < 1.29 is 23.8 Å². The molecule has 1 heterocycles. The van der Waals surface area contributed by atoms with Crippen LogP contribution in [0.2, 0.25) is 5.32 Å². The summed E-state index contributed by atoms with van der Waals surface area (Å²) in [6.45, 7) is 2.57. The van der Waals surface area contributed by atoms with Gasteiger partial charge in [0, 0.05) is 0 Å². The summed E-state index contributed by atoms with van der Waals surface area (Å²) in [7, 11) is 1.65. The molecule has 0 saturated carbocycles. The minimum absolute atomic E-state index is 0.104. The Balaban J connectivity index is 1.39. The molecule has 3 atom stereocenters. The number of amides is 2. The minimum atomic E-state index is -0.550. The topological polar surface area (TPSA) is 65.1 Å². The average molecular weight is 581 g/mol. The summed E-state index contributed by atoms with van der Waals surface area (Å²) in [6.07, 6.45) is 1.32. The Labute approximate surface area is 231 Å². The molecule has 4 rings (SSSR count). The van der Waals surface area contributed by atoms with Gasteiger partial charge < -0.3 is 0 Å². The maximum absolute atomic E-state index is 13.5. The van der Waals surface area contributed by atoms with E-state index in [9.17, 15) is 9.59 Å². The van der Waals surface area contributed by atoms with Gasteiger partial charge in [-0.05, 0) is 0 Å². The van der Waals surface area contributed by atoms with E-state index in [1.54, 1.807) is 7.11 Å². The monoisotopic (exact) mass is 581 g/mol. The van der Waals surface area contributed by atoms with Crippen molar-refractivity contribution in [2.75, 3.05) is 13.7 Å². The molecule has 1 fully saturated rings. The van der Waals surface area contributed by atoms with E-state index in [0.717, 1.165) is 28.6 Å². The Morgan fingerprint density at radius 3 is 2.37 bits per heavy atom. The van der Waals surface area contributed by atoms with Crippen molar-refractivity contribution >= 4 is 31.4 Å². The Bertz CT molecular complexity index is 1160. The molecule has 2 amide bonds. The van der Waals surface area contributed by atoms with Crippen LogP contribution in [-0.2, 0) is 27.3 Å². The number of hydrogen-bond acceptors (Lipinski definition) is 5. The Hall–Kier alpha value is -3.12. The fraction of sp³-hybridized carbons (Fsp3) is 0.355. The molecule has 0 aromatic heterocycles. The van der Waals surface area contributed by atoms with Gasteiger partial charge in [-0.1, -0.05) is 6.07 Å². The molecule has 1 aliphatic rings. The molecular formula is C31H35NO5Se. The molecule has 0 radical (unpaired) electrons. The van der Waals surface area contributed by atoms with Crippen molar-refractivity contribution in [3.8, 4) is 5.75 Å². The number of ether oxygens (including phenoxy) is 3. The van der Waals surface area contributed by atoms with Crippen LogP contribution in [0, 0.1) is 5.92 Å². The summed E-state index contributed by atoms with van der Waals surface area (Å²) in [4.78, 5) is 27.4. The molecule has 3 aromatic rings. The van der Waals surface area contributed by atoms with Crippen LogP contribution in [0.3, 0.4) is 0 Å². The number of carbonyl (C=O) groups is 2. The van der Waals surface area contributed by atoms with Gasteiger partial charge in [-0.15, -0.1) is 0 Å². The molecule has 1 saturated heterocycles. The molecule has 3 aromatic carbocycles. The van der Waals surface area contributed by atoms with Crippen molar-refractivity contribution in [1.82, 2.24) is 4.90 Å². The second-order valence-electron chi connectivity index (χ2n) is 9.50. The third-order valence-corrected chi connectivity index (χ3v) is 8.84. The van der Waals surface area contributed by atoms with Gasteiger partial charge in [0.05, 0.1) is 0 Å². The van der Waals surface area contributed by atoms with E-state index in [4.69, 9.17) is 14.2 Å². The molecule has 0 spiro atoms. The zero-order valence-corrected chi connectivity index (χ0v) is 23.7. The van der Waals surface area contributed by atoms with Gasteiger partial charge in [-0.3, -0.25) is 0 Å². The van der Waals surface area contributed by atoms with E-state index in [1.165, 1.54) is 9.36 Å². The van der Waals surface area contributed by atoms with E-state index in [2.05, 4.69) is 24.3 Å². The molecular weight excluding hydrogens is 545 g/mol. The Morgan fingerprint density at radius 2 is 1.68 bits per heavy atom. The van der Waals surface area contributed by atoms with Crippen molar-refractivity contribution in [2.24, 2.45) is 5.92 Å². The molecule has 1 aliphatic heterocycles. The van der Waals surface area contributed by atoms with E-state index >= 15 is 0 Å². The van der Waals surface area contributed by atoms with Crippen LogP contribution in [-0.4, -0.2) is 57.7 Å². The van der Waals surface area contributed by atoms with Gasteiger partial charge in [-0.25, -0.2) is 0 Å². The van der Waals surface area contributed by atoms with Gasteiger partial charge >= 0.3 is 226 Å².